The van der Waals surface area contributed by atoms with Crippen molar-refractivity contribution in [1.29, 1.82) is 0 Å². The Balaban J connectivity index is 1.92. The van der Waals surface area contributed by atoms with Crippen LogP contribution in [-0.2, 0) is 23.0 Å². The van der Waals surface area contributed by atoms with E-state index in [4.69, 9.17) is 0 Å². The molecule has 1 N–H and O–H groups in total. The highest BCUT2D eigenvalue weighted by atomic mass is 32.2. The van der Waals surface area contributed by atoms with Crippen molar-refractivity contribution in [2.45, 2.75) is 13.0 Å². The lowest BCUT2D eigenvalue weighted by molar-refractivity contribution is 0.562. The van der Waals surface area contributed by atoms with Gasteiger partial charge in [0.2, 0.25) is 10.0 Å². The quantitative estimate of drug-likeness (QED) is 0.891. The third-order valence-electron chi connectivity index (χ3n) is 3.00. The second-order valence-electron chi connectivity index (χ2n) is 4.61. The van der Waals surface area contributed by atoms with E-state index >= 15 is 0 Å². The second kappa shape index (κ2) is 6.78. The Labute approximate surface area is 122 Å². The normalized spacial score (nSPS) is 11.5. The SMILES string of the molecule is O=S(=O)(CCc1ccccc1)NCc1ccc(F)cc1F. The van der Waals surface area contributed by atoms with Crippen LogP contribution in [0.5, 0.6) is 0 Å². The van der Waals surface area contributed by atoms with Crippen LogP contribution in [0, 0.1) is 11.6 Å². The van der Waals surface area contributed by atoms with Crippen LogP contribution in [0.1, 0.15) is 11.1 Å². The van der Waals surface area contributed by atoms with Crippen molar-refractivity contribution in [1.82, 2.24) is 4.72 Å². The minimum Gasteiger partial charge on any atom is -0.212 e. The largest absolute Gasteiger partial charge is 0.212 e. The van der Waals surface area contributed by atoms with Crippen molar-refractivity contribution in [3.05, 3.63) is 71.3 Å². The standard InChI is InChI=1S/C15H15F2NO2S/c16-14-7-6-13(15(17)10-14)11-18-21(19,20)9-8-12-4-2-1-3-5-12/h1-7,10,18H,8-9,11H2. The predicted octanol–water partition coefficient (Wildman–Crippen LogP) is 2.63. The summed E-state index contributed by atoms with van der Waals surface area (Å²) in [6.45, 7) is -0.191. The summed E-state index contributed by atoms with van der Waals surface area (Å²) in [5, 5.41) is 0. The lowest BCUT2D eigenvalue weighted by atomic mass is 10.2. The minimum absolute atomic E-state index is 0.0835. The molecule has 0 spiro atoms. The summed E-state index contributed by atoms with van der Waals surface area (Å²) >= 11 is 0. The van der Waals surface area contributed by atoms with Gasteiger partial charge in [0.15, 0.2) is 0 Å². The smallest absolute Gasteiger partial charge is 0.212 e. The van der Waals surface area contributed by atoms with E-state index < -0.39 is 21.7 Å². The van der Waals surface area contributed by atoms with Gasteiger partial charge in [0.05, 0.1) is 5.75 Å². The van der Waals surface area contributed by atoms with E-state index in [0.29, 0.717) is 6.42 Å². The summed E-state index contributed by atoms with van der Waals surface area (Å²) < 4.78 is 52.2. The molecule has 0 atom stereocenters. The number of sulfonamides is 1. The Kier molecular flexibility index (Phi) is 5.03. The molecule has 0 saturated carbocycles. The highest BCUT2D eigenvalue weighted by Crippen LogP contribution is 2.10. The molecule has 0 bridgehead atoms. The van der Waals surface area contributed by atoms with Crippen molar-refractivity contribution >= 4 is 10.0 Å². The summed E-state index contributed by atoms with van der Waals surface area (Å²) in [5.74, 6) is -1.54. The van der Waals surface area contributed by atoms with Crippen LogP contribution in [0.15, 0.2) is 48.5 Å². The van der Waals surface area contributed by atoms with Gasteiger partial charge in [0.25, 0.3) is 0 Å². The Morgan fingerprint density at radius 3 is 2.38 bits per heavy atom. The summed E-state index contributed by atoms with van der Waals surface area (Å²) in [5.41, 5.74) is 1.02. The number of rotatable bonds is 6. The van der Waals surface area contributed by atoms with Gasteiger partial charge in [-0.3, -0.25) is 0 Å². The van der Waals surface area contributed by atoms with Crippen molar-refractivity contribution in [2.75, 3.05) is 5.75 Å². The van der Waals surface area contributed by atoms with Crippen molar-refractivity contribution < 1.29 is 17.2 Å². The van der Waals surface area contributed by atoms with E-state index in [2.05, 4.69) is 4.72 Å². The summed E-state index contributed by atoms with van der Waals surface area (Å²) in [7, 11) is -3.52. The number of halogens is 2. The van der Waals surface area contributed by atoms with Crippen molar-refractivity contribution in [3.8, 4) is 0 Å². The van der Waals surface area contributed by atoms with Gasteiger partial charge in [-0.15, -0.1) is 0 Å². The predicted molar refractivity (Wildman–Crippen MR) is 77.1 cm³/mol. The van der Waals surface area contributed by atoms with Crippen molar-refractivity contribution in [2.24, 2.45) is 0 Å². The maximum atomic E-state index is 13.4. The number of benzene rings is 2. The molecule has 0 aromatic heterocycles. The Bertz CT molecular complexity index is 703. The number of aryl methyl sites for hydroxylation is 1. The summed E-state index contributed by atoms with van der Waals surface area (Å²) in [4.78, 5) is 0. The Morgan fingerprint density at radius 1 is 1.00 bits per heavy atom. The summed E-state index contributed by atoms with van der Waals surface area (Å²) in [6.07, 6.45) is 0.377. The zero-order chi connectivity index (χ0) is 15.3. The van der Waals surface area contributed by atoms with Crippen LogP contribution < -0.4 is 4.72 Å². The number of hydrogen-bond acceptors (Lipinski definition) is 2. The maximum absolute atomic E-state index is 13.4. The zero-order valence-electron chi connectivity index (χ0n) is 11.2. The summed E-state index contributed by atoms with van der Waals surface area (Å²) in [6, 6.07) is 12.3. The lowest BCUT2D eigenvalue weighted by Gasteiger charge is -2.08. The third kappa shape index (κ3) is 4.91. The highest BCUT2D eigenvalue weighted by Gasteiger charge is 2.12. The van der Waals surface area contributed by atoms with Gasteiger partial charge in [-0.25, -0.2) is 21.9 Å². The zero-order valence-corrected chi connectivity index (χ0v) is 12.0. The highest BCUT2D eigenvalue weighted by molar-refractivity contribution is 7.89. The van der Waals surface area contributed by atoms with E-state index in [1.165, 1.54) is 6.07 Å². The van der Waals surface area contributed by atoms with E-state index in [1.54, 1.807) is 0 Å². The molecule has 0 aliphatic carbocycles. The van der Waals surface area contributed by atoms with E-state index in [0.717, 1.165) is 17.7 Å². The van der Waals surface area contributed by atoms with Gasteiger partial charge >= 0.3 is 0 Å². The molecule has 0 saturated heterocycles. The first kappa shape index (κ1) is 15.6. The first-order valence-corrected chi connectivity index (χ1v) is 8.07. The minimum atomic E-state index is -3.52. The molecule has 2 aromatic carbocycles. The lowest BCUT2D eigenvalue weighted by Crippen LogP contribution is -2.27. The number of hydrogen-bond donors (Lipinski definition) is 1. The van der Waals surface area contributed by atoms with Crippen molar-refractivity contribution in [3.63, 3.8) is 0 Å². The molecule has 3 nitrogen and oxygen atoms in total. The average Bonchev–Trinajstić information content (AvgIpc) is 2.45. The molecule has 21 heavy (non-hydrogen) atoms. The van der Waals surface area contributed by atoms with Gasteiger partial charge in [-0.1, -0.05) is 36.4 Å². The average molecular weight is 311 g/mol. The van der Waals surface area contributed by atoms with E-state index in [1.807, 2.05) is 30.3 Å². The molecule has 6 heteroatoms. The van der Waals surface area contributed by atoms with Gasteiger partial charge in [0.1, 0.15) is 11.6 Å². The van der Waals surface area contributed by atoms with Crippen LogP contribution in [0.4, 0.5) is 8.78 Å². The maximum Gasteiger partial charge on any atom is 0.212 e. The van der Waals surface area contributed by atoms with Crippen LogP contribution in [0.2, 0.25) is 0 Å². The number of nitrogens with one attached hydrogen (secondary N) is 1. The van der Waals surface area contributed by atoms with Crippen LogP contribution in [0.25, 0.3) is 0 Å². The topological polar surface area (TPSA) is 46.2 Å². The molecule has 0 aliphatic rings. The molecule has 0 fully saturated rings. The molecule has 0 amide bonds. The molecule has 0 aliphatic heterocycles. The first-order chi connectivity index (χ1) is 9.96. The Morgan fingerprint density at radius 2 is 1.71 bits per heavy atom. The molecule has 2 rings (SSSR count). The molecular formula is C15H15F2NO2S. The Hall–Kier alpha value is -1.79. The molecule has 2 aromatic rings. The second-order valence-corrected chi connectivity index (χ2v) is 6.54. The molecular weight excluding hydrogens is 296 g/mol. The fourth-order valence-electron chi connectivity index (χ4n) is 1.82. The van der Waals surface area contributed by atoms with Gasteiger partial charge < -0.3 is 0 Å². The van der Waals surface area contributed by atoms with Gasteiger partial charge in [-0.05, 0) is 18.1 Å². The van der Waals surface area contributed by atoms with Gasteiger partial charge in [0, 0.05) is 18.2 Å². The fraction of sp³-hybridized carbons (Fsp3) is 0.200. The fourth-order valence-corrected chi connectivity index (χ4v) is 2.85. The molecule has 112 valence electrons. The van der Waals surface area contributed by atoms with Crippen LogP contribution in [0.3, 0.4) is 0 Å². The van der Waals surface area contributed by atoms with Crippen LogP contribution in [-0.4, -0.2) is 14.2 Å². The molecule has 0 unspecified atom stereocenters. The third-order valence-corrected chi connectivity index (χ3v) is 4.33. The van der Waals surface area contributed by atoms with Crippen LogP contribution >= 0.6 is 0 Å². The monoisotopic (exact) mass is 311 g/mol. The molecule has 0 radical (unpaired) electrons. The van der Waals surface area contributed by atoms with E-state index in [9.17, 15) is 17.2 Å². The van der Waals surface area contributed by atoms with E-state index in [-0.39, 0.29) is 17.9 Å². The first-order valence-electron chi connectivity index (χ1n) is 6.41. The van der Waals surface area contributed by atoms with Gasteiger partial charge in [-0.2, -0.15) is 0 Å². The molecule has 0 heterocycles.